The van der Waals surface area contributed by atoms with E-state index < -0.39 is 0 Å². The first-order valence-electron chi connectivity index (χ1n) is 9.08. The van der Waals surface area contributed by atoms with Gasteiger partial charge in [-0.2, -0.15) is 5.26 Å². The van der Waals surface area contributed by atoms with Crippen molar-refractivity contribution in [3.63, 3.8) is 0 Å². The van der Waals surface area contributed by atoms with Gasteiger partial charge < -0.3 is 4.90 Å². The van der Waals surface area contributed by atoms with Crippen molar-refractivity contribution < 1.29 is 0 Å². The zero-order valence-electron chi connectivity index (χ0n) is 14.0. The number of rotatable bonds is 6. The van der Waals surface area contributed by atoms with Gasteiger partial charge in [0.05, 0.1) is 6.07 Å². The lowest BCUT2D eigenvalue weighted by Gasteiger charge is -2.33. The van der Waals surface area contributed by atoms with Gasteiger partial charge in [0.1, 0.15) is 5.54 Å². The minimum atomic E-state index is -0.237. The molecule has 2 unspecified atom stereocenters. The molecule has 0 aromatic heterocycles. The Balaban J connectivity index is 1.84. The Morgan fingerprint density at radius 2 is 1.86 bits per heavy atom. The fourth-order valence-corrected chi connectivity index (χ4v) is 4.44. The van der Waals surface area contributed by atoms with Crippen LogP contribution < -0.4 is 5.32 Å². The number of hydrogen-bond donors (Lipinski definition) is 1. The van der Waals surface area contributed by atoms with Gasteiger partial charge in [-0.3, -0.25) is 5.32 Å². The third-order valence-electron chi connectivity index (χ3n) is 5.79. The van der Waals surface area contributed by atoms with Gasteiger partial charge in [-0.1, -0.05) is 39.0 Å². The van der Waals surface area contributed by atoms with Crippen molar-refractivity contribution in [2.24, 2.45) is 5.92 Å². The van der Waals surface area contributed by atoms with E-state index in [-0.39, 0.29) is 5.54 Å². The van der Waals surface area contributed by atoms with Crippen LogP contribution in [0.3, 0.4) is 0 Å². The molecule has 0 amide bonds. The quantitative estimate of drug-likeness (QED) is 0.758. The van der Waals surface area contributed by atoms with Crippen molar-refractivity contribution in [2.75, 3.05) is 20.1 Å². The molecular formula is C18H33N3. The molecule has 0 aromatic carbocycles. The SMILES string of the molecule is CCNC1(C#N)CCCC1CCN(C)C1CCCCCC1. The fourth-order valence-electron chi connectivity index (χ4n) is 4.44. The van der Waals surface area contributed by atoms with E-state index >= 15 is 0 Å². The molecule has 0 saturated heterocycles. The first-order chi connectivity index (χ1) is 10.2. The molecule has 2 aliphatic carbocycles. The normalized spacial score (nSPS) is 31.2. The summed E-state index contributed by atoms with van der Waals surface area (Å²) in [5, 5.41) is 13.1. The van der Waals surface area contributed by atoms with Crippen molar-refractivity contribution in [1.82, 2.24) is 10.2 Å². The van der Waals surface area contributed by atoms with Gasteiger partial charge in [0.15, 0.2) is 0 Å². The van der Waals surface area contributed by atoms with E-state index in [1.54, 1.807) is 0 Å². The Labute approximate surface area is 131 Å². The Kier molecular flexibility index (Phi) is 6.51. The molecule has 1 N–H and O–H groups in total. The van der Waals surface area contributed by atoms with Crippen molar-refractivity contribution in [3.05, 3.63) is 0 Å². The third-order valence-corrected chi connectivity index (χ3v) is 5.79. The minimum absolute atomic E-state index is 0.237. The summed E-state index contributed by atoms with van der Waals surface area (Å²) in [5.41, 5.74) is -0.237. The monoisotopic (exact) mass is 291 g/mol. The molecule has 0 spiro atoms. The molecule has 2 aliphatic rings. The van der Waals surface area contributed by atoms with E-state index in [0.29, 0.717) is 5.92 Å². The molecule has 21 heavy (non-hydrogen) atoms. The van der Waals surface area contributed by atoms with Crippen LogP contribution in [0.25, 0.3) is 0 Å². The van der Waals surface area contributed by atoms with Gasteiger partial charge in [-0.25, -0.2) is 0 Å². The van der Waals surface area contributed by atoms with E-state index in [1.165, 1.54) is 57.8 Å². The zero-order chi connectivity index (χ0) is 15.1. The molecule has 120 valence electrons. The summed E-state index contributed by atoms with van der Waals surface area (Å²) in [6.07, 6.45) is 13.0. The highest BCUT2D eigenvalue weighted by atomic mass is 15.1. The van der Waals surface area contributed by atoms with Gasteiger partial charge in [0.2, 0.25) is 0 Å². The maximum atomic E-state index is 9.64. The van der Waals surface area contributed by atoms with E-state index in [4.69, 9.17) is 0 Å². The minimum Gasteiger partial charge on any atom is -0.303 e. The molecule has 0 aliphatic heterocycles. The molecule has 0 heterocycles. The number of nitrogens with one attached hydrogen (secondary N) is 1. The summed E-state index contributed by atoms with van der Waals surface area (Å²) >= 11 is 0. The summed E-state index contributed by atoms with van der Waals surface area (Å²) in [7, 11) is 2.30. The molecule has 0 bridgehead atoms. The largest absolute Gasteiger partial charge is 0.303 e. The van der Waals surface area contributed by atoms with Crippen molar-refractivity contribution in [1.29, 1.82) is 5.26 Å². The topological polar surface area (TPSA) is 39.1 Å². The van der Waals surface area contributed by atoms with E-state index in [0.717, 1.165) is 25.6 Å². The second kappa shape index (κ2) is 8.15. The van der Waals surface area contributed by atoms with Crippen LogP contribution in [0, 0.1) is 17.2 Å². The predicted molar refractivity (Wildman–Crippen MR) is 88.1 cm³/mol. The average molecular weight is 291 g/mol. The summed E-state index contributed by atoms with van der Waals surface area (Å²) < 4.78 is 0. The third kappa shape index (κ3) is 4.20. The van der Waals surface area contributed by atoms with E-state index in [1.807, 2.05) is 0 Å². The Hall–Kier alpha value is -0.590. The summed E-state index contributed by atoms with van der Waals surface area (Å²) in [5.74, 6) is 0.538. The van der Waals surface area contributed by atoms with Crippen LogP contribution >= 0.6 is 0 Å². The van der Waals surface area contributed by atoms with Crippen LogP contribution in [-0.2, 0) is 0 Å². The highest BCUT2D eigenvalue weighted by Crippen LogP contribution is 2.37. The zero-order valence-corrected chi connectivity index (χ0v) is 14.0. The standard InChI is InChI=1S/C18H33N3/c1-3-20-18(15-19)13-8-9-16(18)12-14-21(2)17-10-6-4-5-7-11-17/h16-17,20H,3-14H2,1-2H3. The van der Waals surface area contributed by atoms with Gasteiger partial charge in [0, 0.05) is 6.04 Å². The van der Waals surface area contributed by atoms with Crippen molar-refractivity contribution in [3.8, 4) is 6.07 Å². The van der Waals surface area contributed by atoms with Crippen LogP contribution in [0.1, 0.15) is 71.1 Å². The van der Waals surface area contributed by atoms with Crippen LogP contribution in [0.4, 0.5) is 0 Å². The van der Waals surface area contributed by atoms with Gasteiger partial charge in [0.25, 0.3) is 0 Å². The van der Waals surface area contributed by atoms with Crippen molar-refractivity contribution >= 4 is 0 Å². The fraction of sp³-hybridized carbons (Fsp3) is 0.944. The lowest BCUT2D eigenvalue weighted by atomic mass is 9.85. The Morgan fingerprint density at radius 3 is 2.48 bits per heavy atom. The predicted octanol–water partition coefficient (Wildman–Crippen LogP) is 3.70. The van der Waals surface area contributed by atoms with Crippen molar-refractivity contribution in [2.45, 2.75) is 82.7 Å². The van der Waals surface area contributed by atoms with Gasteiger partial charge >= 0.3 is 0 Å². The van der Waals surface area contributed by atoms with Crippen LogP contribution in [0.15, 0.2) is 0 Å². The van der Waals surface area contributed by atoms with Crippen LogP contribution in [-0.4, -0.2) is 36.6 Å². The summed E-state index contributed by atoms with van der Waals surface area (Å²) in [4.78, 5) is 2.58. The molecular weight excluding hydrogens is 258 g/mol. The number of nitrogens with zero attached hydrogens (tertiary/aromatic N) is 2. The molecule has 2 atom stereocenters. The lowest BCUT2D eigenvalue weighted by molar-refractivity contribution is 0.191. The molecule has 0 radical (unpaired) electrons. The molecule has 3 nitrogen and oxygen atoms in total. The Morgan fingerprint density at radius 1 is 1.14 bits per heavy atom. The van der Waals surface area contributed by atoms with Gasteiger partial charge in [-0.15, -0.1) is 0 Å². The summed E-state index contributed by atoms with van der Waals surface area (Å²) in [6, 6.07) is 3.39. The number of nitriles is 1. The van der Waals surface area contributed by atoms with E-state index in [2.05, 4.69) is 30.3 Å². The lowest BCUT2D eigenvalue weighted by Crippen LogP contribution is -2.48. The average Bonchev–Trinajstić information content (AvgIpc) is 2.72. The molecule has 3 heteroatoms. The first-order valence-corrected chi connectivity index (χ1v) is 9.08. The smallest absolute Gasteiger partial charge is 0.109 e. The summed E-state index contributed by atoms with van der Waals surface area (Å²) in [6.45, 7) is 4.18. The maximum Gasteiger partial charge on any atom is 0.109 e. The second-order valence-corrected chi connectivity index (χ2v) is 7.12. The van der Waals surface area contributed by atoms with E-state index in [9.17, 15) is 5.26 Å². The molecule has 2 fully saturated rings. The van der Waals surface area contributed by atoms with Crippen LogP contribution in [0.5, 0.6) is 0 Å². The highest BCUT2D eigenvalue weighted by Gasteiger charge is 2.42. The first kappa shape index (κ1) is 16.8. The Bertz CT molecular complexity index is 341. The highest BCUT2D eigenvalue weighted by molar-refractivity contribution is 5.14. The maximum absolute atomic E-state index is 9.64. The molecule has 0 aromatic rings. The molecule has 2 saturated carbocycles. The second-order valence-electron chi connectivity index (χ2n) is 7.12. The number of hydrogen-bond acceptors (Lipinski definition) is 3. The van der Waals surface area contributed by atoms with Crippen LogP contribution in [0.2, 0.25) is 0 Å². The molecule has 2 rings (SSSR count). The van der Waals surface area contributed by atoms with Gasteiger partial charge in [-0.05, 0) is 58.2 Å².